The Hall–Kier alpha value is -2.92. The number of aromatic nitrogens is 1. The average molecular weight is 408 g/mol. The summed E-state index contributed by atoms with van der Waals surface area (Å²) in [6, 6.07) is 18.1. The van der Waals surface area contributed by atoms with E-state index >= 15 is 0 Å². The zero-order valence-electron chi connectivity index (χ0n) is 16.6. The molecule has 2 heterocycles. The molecule has 0 radical (unpaired) electrons. The molecule has 2 aromatic carbocycles. The number of alkyl halides is 3. The molecule has 0 amide bonds. The van der Waals surface area contributed by atoms with Gasteiger partial charge >= 0.3 is 6.18 Å². The first-order chi connectivity index (χ1) is 14.5. The van der Waals surface area contributed by atoms with E-state index in [0.29, 0.717) is 0 Å². The summed E-state index contributed by atoms with van der Waals surface area (Å²) in [7, 11) is 0. The van der Waals surface area contributed by atoms with E-state index in [0.717, 1.165) is 49.2 Å². The molecule has 0 saturated heterocycles. The minimum atomic E-state index is -4.29. The lowest BCUT2D eigenvalue weighted by molar-refractivity contribution is -0.137. The molecular formula is C25H23F3N2. The van der Waals surface area contributed by atoms with Crippen LogP contribution in [0.15, 0.2) is 79.1 Å². The highest BCUT2D eigenvalue weighted by atomic mass is 19.4. The topological polar surface area (TPSA) is 16.1 Å². The second kappa shape index (κ2) is 8.84. The van der Waals surface area contributed by atoms with Crippen molar-refractivity contribution in [3.05, 3.63) is 95.8 Å². The van der Waals surface area contributed by atoms with Crippen molar-refractivity contribution in [3.63, 3.8) is 0 Å². The number of rotatable bonds is 5. The van der Waals surface area contributed by atoms with Crippen molar-refractivity contribution >= 4 is 5.57 Å². The monoisotopic (exact) mass is 408 g/mol. The van der Waals surface area contributed by atoms with Gasteiger partial charge in [-0.3, -0.25) is 9.88 Å². The minimum absolute atomic E-state index is 0.599. The van der Waals surface area contributed by atoms with Gasteiger partial charge in [0.25, 0.3) is 0 Å². The van der Waals surface area contributed by atoms with Crippen LogP contribution < -0.4 is 0 Å². The Bertz CT molecular complexity index is 1010. The minimum Gasteiger partial charge on any atom is -0.299 e. The number of halogens is 3. The quantitative estimate of drug-likeness (QED) is 0.507. The lowest BCUT2D eigenvalue weighted by atomic mass is 9.98. The Morgan fingerprint density at radius 2 is 1.63 bits per heavy atom. The standard InChI is InChI=1S/C25H23F3N2/c26-25(27,28)24-6-4-20(5-7-24)22-11-16-30(17-12-22)15-10-19-2-1-3-23(18-19)21-8-13-29-14-9-21/h1-9,11,13-14,18H,10,12,15-17H2. The van der Waals surface area contributed by atoms with Crippen molar-refractivity contribution in [1.82, 2.24) is 9.88 Å². The van der Waals surface area contributed by atoms with Gasteiger partial charge < -0.3 is 0 Å². The van der Waals surface area contributed by atoms with Gasteiger partial charge in [0.05, 0.1) is 5.56 Å². The molecule has 0 bridgehead atoms. The molecule has 3 aromatic rings. The maximum Gasteiger partial charge on any atom is 0.416 e. The average Bonchev–Trinajstić information content (AvgIpc) is 2.78. The van der Waals surface area contributed by atoms with E-state index in [1.807, 2.05) is 12.1 Å². The van der Waals surface area contributed by atoms with E-state index in [1.165, 1.54) is 23.3 Å². The van der Waals surface area contributed by atoms with Crippen LogP contribution in [0.25, 0.3) is 16.7 Å². The van der Waals surface area contributed by atoms with Gasteiger partial charge in [-0.05, 0) is 64.9 Å². The van der Waals surface area contributed by atoms with Crippen LogP contribution in [0.3, 0.4) is 0 Å². The summed E-state index contributed by atoms with van der Waals surface area (Å²) in [5.41, 5.74) is 5.06. The molecule has 0 atom stereocenters. The van der Waals surface area contributed by atoms with Gasteiger partial charge in [-0.25, -0.2) is 0 Å². The second-order valence-corrected chi connectivity index (χ2v) is 7.54. The summed E-state index contributed by atoms with van der Waals surface area (Å²) in [6.45, 7) is 2.69. The number of pyridine rings is 1. The van der Waals surface area contributed by atoms with Crippen LogP contribution >= 0.6 is 0 Å². The zero-order chi connectivity index (χ0) is 21.0. The lowest BCUT2D eigenvalue weighted by Crippen LogP contribution is -2.30. The van der Waals surface area contributed by atoms with Gasteiger partial charge in [0.15, 0.2) is 0 Å². The summed E-state index contributed by atoms with van der Waals surface area (Å²) in [5.74, 6) is 0. The molecule has 1 aliphatic heterocycles. The van der Waals surface area contributed by atoms with Crippen molar-refractivity contribution in [2.45, 2.75) is 19.0 Å². The molecule has 2 nitrogen and oxygen atoms in total. The Labute approximate surface area is 174 Å². The largest absolute Gasteiger partial charge is 0.416 e. The van der Waals surface area contributed by atoms with Gasteiger partial charge in [0.1, 0.15) is 0 Å². The van der Waals surface area contributed by atoms with E-state index in [1.54, 1.807) is 24.5 Å². The van der Waals surface area contributed by atoms with Crippen LogP contribution in [0.2, 0.25) is 0 Å². The summed E-state index contributed by atoms with van der Waals surface area (Å²) < 4.78 is 38.2. The third-order valence-corrected chi connectivity index (χ3v) is 5.53. The second-order valence-electron chi connectivity index (χ2n) is 7.54. The molecule has 30 heavy (non-hydrogen) atoms. The third kappa shape index (κ3) is 4.97. The van der Waals surface area contributed by atoms with Crippen molar-refractivity contribution in [2.75, 3.05) is 19.6 Å². The molecular weight excluding hydrogens is 385 g/mol. The van der Waals surface area contributed by atoms with E-state index in [4.69, 9.17) is 0 Å². The van der Waals surface area contributed by atoms with Crippen LogP contribution in [0.5, 0.6) is 0 Å². The predicted octanol–water partition coefficient (Wildman–Crippen LogP) is 6.10. The van der Waals surface area contributed by atoms with Gasteiger partial charge in [-0.1, -0.05) is 42.5 Å². The van der Waals surface area contributed by atoms with Crippen molar-refractivity contribution in [3.8, 4) is 11.1 Å². The molecule has 4 rings (SSSR count). The fourth-order valence-corrected chi connectivity index (χ4v) is 3.79. The first-order valence-electron chi connectivity index (χ1n) is 10.1. The number of nitrogens with zero attached hydrogens (tertiary/aromatic N) is 2. The molecule has 5 heteroatoms. The fraction of sp³-hybridized carbons (Fsp3) is 0.240. The van der Waals surface area contributed by atoms with Crippen LogP contribution in [0.1, 0.15) is 23.1 Å². The van der Waals surface area contributed by atoms with Gasteiger partial charge in [-0.15, -0.1) is 0 Å². The Balaban J connectivity index is 1.34. The molecule has 0 unspecified atom stereocenters. The highest BCUT2D eigenvalue weighted by molar-refractivity contribution is 5.67. The Morgan fingerprint density at radius 1 is 0.867 bits per heavy atom. The normalized spacial score (nSPS) is 15.1. The van der Waals surface area contributed by atoms with Gasteiger partial charge in [-0.2, -0.15) is 13.2 Å². The van der Waals surface area contributed by atoms with Crippen LogP contribution in [-0.4, -0.2) is 29.5 Å². The smallest absolute Gasteiger partial charge is 0.299 e. The van der Waals surface area contributed by atoms with Crippen molar-refractivity contribution in [2.24, 2.45) is 0 Å². The summed E-state index contributed by atoms with van der Waals surface area (Å²) in [6.07, 6.45) is 3.27. The highest BCUT2D eigenvalue weighted by Gasteiger charge is 2.30. The number of benzene rings is 2. The first kappa shape index (κ1) is 20.4. The van der Waals surface area contributed by atoms with E-state index in [9.17, 15) is 13.2 Å². The van der Waals surface area contributed by atoms with Gasteiger partial charge in [0, 0.05) is 32.0 Å². The zero-order valence-corrected chi connectivity index (χ0v) is 16.6. The SMILES string of the molecule is FC(F)(F)c1ccc(C2=CCN(CCc3cccc(-c4ccncc4)c3)CC2)cc1. The molecule has 0 saturated carbocycles. The lowest BCUT2D eigenvalue weighted by Gasteiger charge is -2.26. The number of hydrogen-bond acceptors (Lipinski definition) is 2. The van der Waals surface area contributed by atoms with E-state index < -0.39 is 11.7 Å². The predicted molar refractivity (Wildman–Crippen MR) is 114 cm³/mol. The Morgan fingerprint density at radius 3 is 2.30 bits per heavy atom. The van der Waals surface area contributed by atoms with Crippen LogP contribution in [0, 0.1) is 0 Å². The molecule has 1 aromatic heterocycles. The molecule has 154 valence electrons. The number of hydrogen-bond donors (Lipinski definition) is 0. The molecule has 0 spiro atoms. The molecule has 0 N–H and O–H groups in total. The van der Waals surface area contributed by atoms with Crippen LogP contribution in [0.4, 0.5) is 13.2 Å². The summed E-state index contributed by atoms with van der Waals surface area (Å²) in [5, 5.41) is 0. The molecule has 1 aliphatic rings. The Kier molecular flexibility index (Phi) is 6.00. The first-order valence-corrected chi connectivity index (χ1v) is 10.1. The third-order valence-electron chi connectivity index (χ3n) is 5.53. The summed E-state index contributed by atoms with van der Waals surface area (Å²) >= 11 is 0. The fourth-order valence-electron chi connectivity index (χ4n) is 3.79. The van der Waals surface area contributed by atoms with E-state index in [-0.39, 0.29) is 0 Å². The molecule has 0 aliphatic carbocycles. The summed E-state index contributed by atoms with van der Waals surface area (Å²) in [4.78, 5) is 6.45. The van der Waals surface area contributed by atoms with Crippen LogP contribution in [-0.2, 0) is 12.6 Å². The molecule has 0 fully saturated rings. The van der Waals surface area contributed by atoms with Crippen molar-refractivity contribution < 1.29 is 13.2 Å². The van der Waals surface area contributed by atoms with Crippen molar-refractivity contribution in [1.29, 1.82) is 0 Å². The maximum atomic E-state index is 12.7. The van der Waals surface area contributed by atoms with E-state index in [2.05, 4.69) is 40.2 Å². The van der Waals surface area contributed by atoms with Gasteiger partial charge in [0.2, 0.25) is 0 Å². The highest BCUT2D eigenvalue weighted by Crippen LogP contribution is 2.31. The maximum absolute atomic E-state index is 12.7.